The number of anilines is 1. The van der Waals surface area contributed by atoms with Gasteiger partial charge in [0.15, 0.2) is 11.0 Å². The van der Waals surface area contributed by atoms with Crippen molar-refractivity contribution in [1.29, 1.82) is 0 Å². The van der Waals surface area contributed by atoms with E-state index >= 15 is 0 Å². The van der Waals surface area contributed by atoms with Crippen molar-refractivity contribution >= 4 is 45.9 Å². The molecule has 3 heterocycles. The largest absolute Gasteiger partial charge is 0.469 e. The highest BCUT2D eigenvalue weighted by Crippen LogP contribution is 2.34. The molecule has 3 rings (SSSR count). The number of nitrogens with zero attached hydrogens (tertiary/aromatic N) is 3. The Bertz CT molecular complexity index is 1180. The number of hydrogen-bond acceptors (Lipinski definition) is 10. The van der Waals surface area contributed by atoms with Gasteiger partial charge in [-0.3, -0.25) is 4.79 Å². The lowest BCUT2D eigenvalue weighted by molar-refractivity contribution is -0.113. The minimum atomic E-state index is -0.613. The van der Waals surface area contributed by atoms with Crippen molar-refractivity contribution in [2.24, 2.45) is 7.05 Å². The fourth-order valence-corrected chi connectivity index (χ4v) is 4.84. The third kappa shape index (κ3) is 5.28. The Balaban J connectivity index is 1.75. The normalized spacial score (nSPS) is 10.8. The molecule has 12 heteroatoms. The Labute approximate surface area is 198 Å². The molecule has 0 saturated heterocycles. The van der Waals surface area contributed by atoms with Crippen LogP contribution in [0.4, 0.5) is 5.00 Å². The van der Waals surface area contributed by atoms with E-state index in [0.717, 1.165) is 22.7 Å². The van der Waals surface area contributed by atoms with Gasteiger partial charge < -0.3 is 23.8 Å². The molecule has 0 radical (unpaired) electrons. The highest BCUT2D eigenvalue weighted by molar-refractivity contribution is 7.99. The molecule has 10 nitrogen and oxygen atoms in total. The molecule has 0 fully saturated rings. The molecule has 0 bridgehead atoms. The van der Waals surface area contributed by atoms with Gasteiger partial charge in [0.1, 0.15) is 15.6 Å². The molecular weight excluding hydrogens is 468 g/mol. The predicted octanol–water partition coefficient (Wildman–Crippen LogP) is 3.84. The van der Waals surface area contributed by atoms with E-state index in [0.29, 0.717) is 16.5 Å². The van der Waals surface area contributed by atoms with E-state index in [1.807, 2.05) is 6.92 Å². The number of thioether (sulfide) groups is 1. The van der Waals surface area contributed by atoms with Crippen molar-refractivity contribution in [2.75, 3.05) is 24.3 Å². The summed E-state index contributed by atoms with van der Waals surface area (Å²) in [5.74, 6) is -0.172. The first-order valence-electron chi connectivity index (χ1n) is 10.1. The van der Waals surface area contributed by atoms with Crippen LogP contribution in [-0.2, 0) is 21.3 Å². The molecule has 33 heavy (non-hydrogen) atoms. The summed E-state index contributed by atoms with van der Waals surface area (Å²) in [6.07, 6.45) is 1.58. The zero-order chi connectivity index (χ0) is 24.1. The number of thiophene rings is 1. The Hall–Kier alpha value is -3.12. The molecule has 0 spiro atoms. The number of nitrogens with one attached hydrogen (secondary N) is 1. The summed E-state index contributed by atoms with van der Waals surface area (Å²) in [7, 11) is 1.80. The van der Waals surface area contributed by atoms with Gasteiger partial charge in [-0.05, 0) is 39.3 Å². The molecule has 0 aromatic carbocycles. The molecule has 3 aromatic heterocycles. The predicted molar refractivity (Wildman–Crippen MR) is 124 cm³/mol. The third-order valence-corrected chi connectivity index (χ3v) is 6.81. The fourth-order valence-electron chi connectivity index (χ4n) is 3.03. The second-order valence-electron chi connectivity index (χ2n) is 6.79. The van der Waals surface area contributed by atoms with Crippen LogP contribution >= 0.6 is 23.1 Å². The van der Waals surface area contributed by atoms with Crippen molar-refractivity contribution in [3.05, 3.63) is 34.1 Å². The highest BCUT2D eigenvalue weighted by atomic mass is 32.2. The van der Waals surface area contributed by atoms with Crippen molar-refractivity contribution < 1.29 is 28.3 Å². The number of ether oxygens (including phenoxy) is 2. The molecule has 0 aliphatic carbocycles. The lowest BCUT2D eigenvalue weighted by Gasteiger charge is -2.07. The summed E-state index contributed by atoms with van der Waals surface area (Å²) < 4.78 is 17.3. The van der Waals surface area contributed by atoms with Gasteiger partial charge in [-0.2, -0.15) is 0 Å². The number of aromatic nitrogens is 3. The smallest absolute Gasteiger partial charge is 0.348 e. The third-order valence-electron chi connectivity index (χ3n) is 4.61. The highest BCUT2D eigenvalue weighted by Gasteiger charge is 2.27. The first-order valence-corrected chi connectivity index (χ1v) is 11.9. The summed E-state index contributed by atoms with van der Waals surface area (Å²) in [5, 5.41) is 11.8. The van der Waals surface area contributed by atoms with Crippen molar-refractivity contribution in [1.82, 2.24) is 14.8 Å². The Morgan fingerprint density at radius 1 is 1.15 bits per heavy atom. The van der Waals surface area contributed by atoms with Gasteiger partial charge in [0.25, 0.3) is 0 Å². The van der Waals surface area contributed by atoms with Crippen molar-refractivity contribution in [3.63, 3.8) is 0 Å². The number of hydrogen-bond donors (Lipinski definition) is 1. The summed E-state index contributed by atoms with van der Waals surface area (Å²) in [6.45, 7) is 7.19. The van der Waals surface area contributed by atoms with Crippen LogP contribution in [0.1, 0.15) is 45.2 Å². The SMILES string of the molecule is CCOC(=O)c1sc(NC(=O)CSc2nnc(-c3ccoc3C)n2C)c(C(=O)OCC)c1C. The topological polar surface area (TPSA) is 126 Å². The van der Waals surface area contributed by atoms with E-state index in [2.05, 4.69) is 15.5 Å². The van der Waals surface area contributed by atoms with Crippen LogP contribution in [0.15, 0.2) is 21.9 Å². The van der Waals surface area contributed by atoms with Gasteiger partial charge in [-0.15, -0.1) is 21.5 Å². The molecule has 1 amide bonds. The van der Waals surface area contributed by atoms with Crippen LogP contribution in [0.3, 0.4) is 0 Å². The number of carbonyl (C=O) groups excluding carboxylic acids is 3. The van der Waals surface area contributed by atoms with E-state index in [-0.39, 0.29) is 40.3 Å². The number of amides is 1. The molecule has 176 valence electrons. The molecule has 0 aliphatic rings. The minimum Gasteiger partial charge on any atom is -0.469 e. The summed E-state index contributed by atoms with van der Waals surface area (Å²) in [4.78, 5) is 37.7. The number of aryl methyl sites for hydroxylation is 1. The number of carbonyl (C=O) groups is 3. The van der Waals surface area contributed by atoms with E-state index < -0.39 is 11.9 Å². The quantitative estimate of drug-likeness (QED) is 0.350. The van der Waals surface area contributed by atoms with E-state index in [4.69, 9.17) is 13.9 Å². The molecule has 3 aromatic rings. The second-order valence-corrected chi connectivity index (χ2v) is 8.76. The standard InChI is InChI=1S/C21H24N4O6S2/c1-6-29-19(27)15-11(3)16(20(28)30-7-2)33-18(15)22-14(26)10-32-21-24-23-17(25(21)5)13-8-9-31-12(13)4/h8-9H,6-7,10H2,1-5H3,(H,22,26). The van der Waals surface area contributed by atoms with Crippen LogP contribution in [0.5, 0.6) is 0 Å². The van der Waals surface area contributed by atoms with E-state index in [1.54, 1.807) is 44.7 Å². The van der Waals surface area contributed by atoms with Crippen LogP contribution in [0, 0.1) is 13.8 Å². The molecule has 1 N–H and O–H groups in total. The first kappa shape index (κ1) is 24.5. The summed E-state index contributed by atoms with van der Waals surface area (Å²) in [5.41, 5.74) is 1.38. The summed E-state index contributed by atoms with van der Waals surface area (Å²) >= 11 is 2.18. The van der Waals surface area contributed by atoms with Gasteiger partial charge in [0.2, 0.25) is 5.91 Å². The zero-order valence-electron chi connectivity index (χ0n) is 18.9. The maximum Gasteiger partial charge on any atom is 0.348 e. The number of esters is 2. The fraction of sp³-hybridized carbons (Fsp3) is 0.381. The van der Waals surface area contributed by atoms with Crippen LogP contribution in [-0.4, -0.2) is 51.6 Å². The maximum atomic E-state index is 12.7. The van der Waals surface area contributed by atoms with E-state index in [9.17, 15) is 14.4 Å². The van der Waals surface area contributed by atoms with Gasteiger partial charge in [0.05, 0.1) is 36.4 Å². The molecule has 0 aliphatic heterocycles. The number of rotatable bonds is 9. The van der Waals surface area contributed by atoms with Crippen LogP contribution in [0.25, 0.3) is 11.4 Å². The lowest BCUT2D eigenvalue weighted by atomic mass is 10.1. The molecular formula is C21H24N4O6S2. The molecule has 0 saturated carbocycles. The lowest BCUT2D eigenvalue weighted by Crippen LogP contribution is -2.16. The van der Waals surface area contributed by atoms with Crippen LogP contribution < -0.4 is 5.32 Å². The summed E-state index contributed by atoms with van der Waals surface area (Å²) in [6, 6.07) is 1.80. The number of furan rings is 1. The Kier molecular flexibility index (Phi) is 7.92. The Morgan fingerprint density at radius 3 is 2.48 bits per heavy atom. The van der Waals surface area contributed by atoms with Crippen molar-refractivity contribution in [2.45, 2.75) is 32.9 Å². The average molecular weight is 493 g/mol. The zero-order valence-corrected chi connectivity index (χ0v) is 20.5. The maximum absolute atomic E-state index is 12.7. The van der Waals surface area contributed by atoms with Gasteiger partial charge in [-0.25, -0.2) is 9.59 Å². The molecule has 0 unspecified atom stereocenters. The average Bonchev–Trinajstić information content (AvgIpc) is 3.44. The van der Waals surface area contributed by atoms with E-state index in [1.165, 1.54) is 11.8 Å². The van der Waals surface area contributed by atoms with Crippen LogP contribution in [0.2, 0.25) is 0 Å². The van der Waals surface area contributed by atoms with Gasteiger partial charge >= 0.3 is 11.9 Å². The Morgan fingerprint density at radius 2 is 1.85 bits per heavy atom. The minimum absolute atomic E-state index is 0.0181. The molecule has 0 atom stereocenters. The van der Waals surface area contributed by atoms with Crippen molar-refractivity contribution in [3.8, 4) is 11.4 Å². The first-order chi connectivity index (χ1) is 15.8. The monoisotopic (exact) mass is 492 g/mol. The van der Waals surface area contributed by atoms with Gasteiger partial charge in [0, 0.05) is 7.05 Å². The second kappa shape index (κ2) is 10.7. The van der Waals surface area contributed by atoms with Gasteiger partial charge in [-0.1, -0.05) is 11.8 Å².